The Kier molecular flexibility index (Phi) is 6.53. The summed E-state index contributed by atoms with van der Waals surface area (Å²) in [6, 6.07) is 29.4. The zero-order chi connectivity index (χ0) is 27.7. The first-order chi connectivity index (χ1) is 19.3. The Bertz CT molecular complexity index is 1890. The predicted molar refractivity (Wildman–Crippen MR) is 156 cm³/mol. The number of hydrogen-bond donors (Lipinski definition) is 2. The Morgan fingerprint density at radius 2 is 1.68 bits per heavy atom. The third kappa shape index (κ3) is 5.29. The van der Waals surface area contributed by atoms with Crippen LogP contribution < -0.4 is 15.5 Å². The molecule has 0 spiro atoms. The number of halogens is 3. The molecule has 0 radical (unpaired) electrons. The topological polar surface area (TPSA) is 63.5 Å². The average Bonchev–Trinajstić information content (AvgIpc) is 3.37. The minimum atomic E-state index is -4.73. The van der Waals surface area contributed by atoms with Gasteiger partial charge in [-0.2, -0.15) is 5.10 Å². The second-order valence-electron chi connectivity index (χ2n) is 8.92. The fourth-order valence-corrected chi connectivity index (χ4v) is 4.74. The maximum absolute atomic E-state index is 12.5. The van der Waals surface area contributed by atoms with Crippen LogP contribution in [0.1, 0.15) is 5.56 Å². The quantitative estimate of drug-likeness (QED) is 0.131. The van der Waals surface area contributed by atoms with Gasteiger partial charge in [-0.1, -0.05) is 54.6 Å². The van der Waals surface area contributed by atoms with Crippen LogP contribution in [-0.4, -0.2) is 27.2 Å². The maximum Gasteiger partial charge on any atom is 0.573 e. The highest BCUT2D eigenvalue weighted by Crippen LogP contribution is 2.29. The molecule has 1 aromatic heterocycles. The van der Waals surface area contributed by atoms with Gasteiger partial charge < -0.3 is 10.1 Å². The summed E-state index contributed by atoms with van der Waals surface area (Å²) in [6.45, 7) is 0. The van der Waals surface area contributed by atoms with Crippen molar-refractivity contribution in [3.8, 4) is 11.4 Å². The summed E-state index contributed by atoms with van der Waals surface area (Å²) < 4.78 is 43.2. The van der Waals surface area contributed by atoms with Gasteiger partial charge in [-0.3, -0.25) is 9.99 Å². The molecule has 0 aliphatic heterocycles. The fourth-order valence-electron chi connectivity index (χ4n) is 4.57. The van der Waals surface area contributed by atoms with E-state index in [0.717, 1.165) is 43.8 Å². The van der Waals surface area contributed by atoms with Gasteiger partial charge in [-0.15, -0.1) is 13.2 Å². The van der Waals surface area contributed by atoms with Crippen LogP contribution in [0.15, 0.2) is 108 Å². The van der Waals surface area contributed by atoms with E-state index in [-0.39, 0.29) is 5.75 Å². The molecule has 198 valence electrons. The van der Waals surface area contributed by atoms with Crippen molar-refractivity contribution in [2.45, 2.75) is 6.36 Å². The lowest BCUT2D eigenvalue weighted by atomic mass is 10.1. The predicted octanol–water partition coefficient (Wildman–Crippen LogP) is 7.55. The van der Waals surface area contributed by atoms with Crippen molar-refractivity contribution in [3.05, 3.63) is 109 Å². The van der Waals surface area contributed by atoms with E-state index in [1.165, 1.54) is 12.1 Å². The molecule has 10 heteroatoms. The van der Waals surface area contributed by atoms with Crippen molar-refractivity contribution in [2.24, 2.45) is 5.10 Å². The van der Waals surface area contributed by atoms with Crippen molar-refractivity contribution >= 4 is 61.8 Å². The third-order valence-corrected chi connectivity index (χ3v) is 6.52. The number of fused-ring (bicyclic) bond motifs is 4. The van der Waals surface area contributed by atoms with Crippen molar-refractivity contribution in [1.29, 1.82) is 0 Å². The number of hydrogen-bond acceptors (Lipinski definition) is 4. The summed E-state index contributed by atoms with van der Waals surface area (Å²) in [5, 5.41) is 11.9. The highest BCUT2D eigenvalue weighted by atomic mass is 32.1. The number of aromatic nitrogens is 2. The van der Waals surface area contributed by atoms with Crippen LogP contribution in [-0.2, 0) is 0 Å². The highest BCUT2D eigenvalue weighted by molar-refractivity contribution is 7.80. The number of imidazole rings is 1. The van der Waals surface area contributed by atoms with Gasteiger partial charge in [-0.25, -0.2) is 4.98 Å². The molecule has 0 bridgehead atoms. The van der Waals surface area contributed by atoms with Crippen LogP contribution in [0.25, 0.3) is 38.3 Å². The number of nitrogens with zero attached hydrogens (tertiary/aromatic N) is 3. The largest absolute Gasteiger partial charge is 0.573 e. The average molecular weight is 556 g/mol. The van der Waals surface area contributed by atoms with Crippen LogP contribution in [0.3, 0.4) is 0 Å². The molecule has 5 aromatic carbocycles. The standard InChI is InChI=1S/C30H20F3N5OS/c31-30(32,33)39-23-12-10-22(11-13-23)38-18-34-28-25-14-8-19(16-21(25)9-15-27(28)38)17-35-37-29(40)36-26-7-3-5-20-4-1-2-6-24(20)26/h1-18H,(H2,36,37,40). The zero-order valence-electron chi connectivity index (χ0n) is 20.7. The molecule has 0 aliphatic rings. The summed E-state index contributed by atoms with van der Waals surface area (Å²) in [5.41, 5.74) is 6.89. The molecule has 0 fully saturated rings. The monoisotopic (exact) mass is 555 g/mol. The first-order valence-electron chi connectivity index (χ1n) is 12.2. The second kappa shape index (κ2) is 10.3. The molecule has 0 amide bonds. The molecular formula is C30H20F3N5OS. The summed E-state index contributed by atoms with van der Waals surface area (Å²) in [4.78, 5) is 4.56. The lowest BCUT2D eigenvalue weighted by Crippen LogP contribution is -2.23. The van der Waals surface area contributed by atoms with E-state index in [9.17, 15) is 13.2 Å². The van der Waals surface area contributed by atoms with Crippen molar-refractivity contribution in [2.75, 3.05) is 5.32 Å². The molecule has 40 heavy (non-hydrogen) atoms. The normalized spacial score (nSPS) is 11.9. The van der Waals surface area contributed by atoms with Crippen LogP contribution in [0.5, 0.6) is 5.75 Å². The summed E-state index contributed by atoms with van der Waals surface area (Å²) >= 11 is 5.41. The van der Waals surface area contributed by atoms with Gasteiger partial charge in [0.1, 0.15) is 12.1 Å². The molecule has 0 aliphatic carbocycles. The molecule has 0 unspecified atom stereocenters. The smallest absolute Gasteiger partial charge is 0.406 e. The van der Waals surface area contributed by atoms with Crippen LogP contribution in [0.4, 0.5) is 18.9 Å². The molecule has 0 saturated carbocycles. The van der Waals surface area contributed by atoms with Crippen molar-refractivity contribution < 1.29 is 17.9 Å². The minimum Gasteiger partial charge on any atom is -0.406 e. The Labute approximate surface area is 231 Å². The van der Waals surface area contributed by atoms with Gasteiger partial charge in [0.25, 0.3) is 0 Å². The van der Waals surface area contributed by atoms with E-state index in [1.807, 2.05) is 77.4 Å². The summed E-state index contributed by atoms with van der Waals surface area (Å²) in [6.07, 6.45) is -1.40. The van der Waals surface area contributed by atoms with Gasteiger partial charge in [0.15, 0.2) is 5.11 Å². The van der Waals surface area contributed by atoms with E-state index < -0.39 is 6.36 Å². The molecule has 6 rings (SSSR count). The molecule has 1 heterocycles. The number of anilines is 1. The number of thiocarbonyl (C=S) groups is 1. The van der Waals surface area contributed by atoms with Crippen LogP contribution in [0.2, 0.25) is 0 Å². The molecule has 6 aromatic rings. The van der Waals surface area contributed by atoms with Crippen molar-refractivity contribution in [1.82, 2.24) is 15.0 Å². The number of benzene rings is 5. The number of hydrazone groups is 1. The number of nitrogens with one attached hydrogen (secondary N) is 2. The first kappa shape index (κ1) is 25.3. The molecule has 0 saturated heterocycles. The first-order valence-corrected chi connectivity index (χ1v) is 12.6. The van der Waals surface area contributed by atoms with E-state index in [0.29, 0.717) is 10.8 Å². The Balaban J connectivity index is 1.17. The van der Waals surface area contributed by atoms with Crippen LogP contribution in [0, 0.1) is 0 Å². The Morgan fingerprint density at radius 1 is 0.875 bits per heavy atom. The van der Waals surface area contributed by atoms with Gasteiger partial charge in [-0.05, 0) is 71.0 Å². The third-order valence-electron chi connectivity index (χ3n) is 6.32. The van der Waals surface area contributed by atoms with Crippen molar-refractivity contribution in [3.63, 3.8) is 0 Å². The lowest BCUT2D eigenvalue weighted by Gasteiger charge is -2.10. The second-order valence-corrected chi connectivity index (χ2v) is 9.33. The molecular weight excluding hydrogens is 535 g/mol. The summed E-state index contributed by atoms with van der Waals surface area (Å²) in [7, 11) is 0. The Morgan fingerprint density at radius 3 is 2.50 bits per heavy atom. The SMILES string of the molecule is FC(F)(F)Oc1ccc(-n2cnc3c4ccc(C=NNC(=S)Nc5cccc6ccccc56)cc4ccc32)cc1. The highest BCUT2D eigenvalue weighted by Gasteiger charge is 2.31. The lowest BCUT2D eigenvalue weighted by molar-refractivity contribution is -0.274. The number of alkyl halides is 3. The van der Waals surface area contributed by atoms with Gasteiger partial charge in [0, 0.05) is 22.1 Å². The van der Waals surface area contributed by atoms with E-state index in [4.69, 9.17) is 12.2 Å². The van der Waals surface area contributed by atoms with Crippen LogP contribution >= 0.6 is 12.2 Å². The fraction of sp³-hybridized carbons (Fsp3) is 0.0333. The van der Waals surface area contributed by atoms with Gasteiger partial charge >= 0.3 is 6.36 Å². The molecule has 2 N–H and O–H groups in total. The van der Waals surface area contributed by atoms with Gasteiger partial charge in [0.2, 0.25) is 0 Å². The van der Waals surface area contributed by atoms with Gasteiger partial charge in [0.05, 0.1) is 17.2 Å². The minimum absolute atomic E-state index is 0.278. The number of ether oxygens (including phenoxy) is 1. The van der Waals surface area contributed by atoms with E-state index in [1.54, 1.807) is 24.7 Å². The number of rotatable bonds is 5. The van der Waals surface area contributed by atoms with E-state index >= 15 is 0 Å². The molecule has 0 atom stereocenters. The maximum atomic E-state index is 12.5. The Hall–Kier alpha value is -4.96. The summed E-state index contributed by atoms with van der Waals surface area (Å²) in [5.74, 6) is -0.278. The zero-order valence-corrected chi connectivity index (χ0v) is 21.5. The molecule has 6 nitrogen and oxygen atoms in total. The van der Waals surface area contributed by atoms with E-state index in [2.05, 4.69) is 25.6 Å².